The van der Waals surface area contributed by atoms with Crippen LogP contribution in [0.4, 0.5) is 34.1 Å². The van der Waals surface area contributed by atoms with Crippen LogP contribution in [0.5, 0.6) is 0 Å². The van der Waals surface area contributed by atoms with Crippen molar-refractivity contribution >= 4 is 57.2 Å². The van der Waals surface area contributed by atoms with Crippen molar-refractivity contribution in [3.8, 4) is 44.6 Å². The Kier molecular flexibility index (Phi) is 7.89. The van der Waals surface area contributed by atoms with Gasteiger partial charge >= 0.3 is 0 Å². The van der Waals surface area contributed by atoms with Crippen molar-refractivity contribution in [2.24, 2.45) is 0 Å². The number of aromatic nitrogens is 2. The molecular weight excluding hydrogens is 691 g/mol. The molecule has 0 unspecified atom stereocenters. The summed E-state index contributed by atoms with van der Waals surface area (Å²) in [5.41, 5.74) is 19.5. The highest BCUT2D eigenvalue weighted by molar-refractivity contribution is 7.00. The zero-order valence-electron chi connectivity index (χ0n) is 31.1. The summed E-state index contributed by atoms with van der Waals surface area (Å²) in [6, 6.07) is 69.7. The Morgan fingerprint density at radius 3 is 1.49 bits per heavy atom. The number of anilines is 6. The van der Waals surface area contributed by atoms with Gasteiger partial charge in [-0.05, 0) is 82.1 Å². The van der Waals surface area contributed by atoms with Gasteiger partial charge in [-0.3, -0.25) is 9.97 Å². The first-order chi connectivity index (χ1) is 28.3. The van der Waals surface area contributed by atoms with E-state index in [0.29, 0.717) is 0 Å². The summed E-state index contributed by atoms with van der Waals surface area (Å²) in [7, 11) is 0. The van der Waals surface area contributed by atoms with Crippen molar-refractivity contribution < 1.29 is 0 Å². The van der Waals surface area contributed by atoms with Gasteiger partial charge in [-0.25, -0.2) is 0 Å². The van der Waals surface area contributed by atoms with Gasteiger partial charge in [-0.15, -0.1) is 0 Å². The second-order valence-electron chi connectivity index (χ2n) is 14.6. The third kappa shape index (κ3) is 5.47. The van der Waals surface area contributed by atoms with Crippen LogP contribution in [0, 0.1) is 0 Å². The lowest BCUT2D eigenvalue weighted by Crippen LogP contribution is -2.61. The Balaban J connectivity index is 1.20. The van der Waals surface area contributed by atoms with Crippen molar-refractivity contribution in [1.29, 1.82) is 0 Å². The number of rotatable bonds is 6. The summed E-state index contributed by atoms with van der Waals surface area (Å²) >= 11 is 0. The fraction of sp³-hybridized carbons (Fsp3) is 0. The molecule has 9 aromatic rings. The molecule has 2 aliphatic rings. The molecule has 0 fully saturated rings. The minimum atomic E-state index is -0.0401. The van der Waals surface area contributed by atoms with E-state index in [4.69, 9.17) is 9.97 Å². The van der Waals surface area contributed by atoms with Crippen LogP contribution in [-0.4, -0.2) is 16.7 Å². The Hall–Kier alpha value is -7.50. The van der Waals surface area contributed by atoms with E-state index in [1.807, 2.05) is 24.7 Å². The standard InChI is InChI=1S/C52H35BN4/c1-5-16-36(17-6-1)39-32-40(35-54-34-39)44-25-14-27-46-52(44)57(42-22-11-4-12-23-42)49-29-15-28-48-50(49)53(46)45-26-13-24-43(51(45)56(48)41-20-9-3-10-21-41)38-30-31-55-47(33-38)37-18-7-2-8-19-37/h1-35H. The largest absolute Gasteiger partial charge is 0.311 e. The van der Waals surface area contributed by atoms with Crippen molar-refractivity contribution in [2.75, 3.05) is 9.80 Å². The first-order valence-corrected chi connectivity index (χ1v) is 19.4. The highest BCUT2D eigenvalue weighted by Gasteiger charge is 2.44. The Labute approximate surface area is 333 Å². The fourth-order valence-electron chi connectivity index (χ4n) is 8.93. The molecule has 57 heavy (non-hydrogen) atoms. The quantitative estimate of drug-likeness (QED) is 0.160. The molecule has 266 valence electrons. The highest BCUT2D eigenvalue weighted by atomic mass is 15.2. The normalized spacial score (nSPS) is 12.5. The van der Waals surface area contributed by atoms with Crippen molar-refractivity contribution in [3.05, 3.63) is 213 Å². The van der Waals surface area contributed by atoms with Crippen LogP contribution < -0.4 is 26.2 Å². The fourth-order valence-corrected chi connectivity index (χ4v) is 8.93. The second kappa shape index (κ2) is 13.7. The molecule has 0 spiro atoms. The minimum absolute atomic E-state index is 0.0401. The smallest absolute Gasteiger partial charge is 0.252 e. The zero-order chi connectivity index (χ0) is 37.7. The molecule has 0 N–H and O–H groups in total. The van der Waals surface area contributed by atoms with Crippen LogP contribution >= 0.6 is 0 Å². The van der Waals surface area contributed by atoms with E-state index in [1.54, 1.807) is 0 Å². The first kappa shape index (κ1) is 32.9. The van der Waals surface area contributed by atoms with Crippen molar-refractivity contribution in [1.82, 2.24) is 9.97 Å². The molecule has 0 saturated heterocycles. The average Bonchev–Trinajstić information content (AvgIpc) is 3.30. The molecule has 0 radical (unpaired) electrons. The maximum absolute atomic E-state index is 4.82. The number of pyridine rings is 2. The maximum Gasteiger partial charge on any atom is 0.252 e. The lowest BCUT2D eigenvalue weighted by molar-refractivity contribution is 1.25. The Bertz CT molecular complexity index is 2720. The van der Waals surface area contributed by atoms with Gasteiger partial charge in [0, 0.05) is 80.5 Å². The number of para-hydroxylation sites is 4. The van der Waals surface area contributed by atoms with Gasteiger partial charge in [0.15, 0.2) is 0 Å². The monoisotopic (exact) mass is 726 g/mol. The molecule has 0 saturated carbocycles. The summed E-state index contributed by atoms with van der Waals surface area (Å²) in [5, 5.41) is 0. The highest BCUT2D eigenvalue weighted by Crippen LogP contribution is 2.48. The molecule has 0 bridgehead atoms. The number of nitrogens with zero attached hydrogens (tertiary/aromatic N) is 4. The summed E-state index contributed by atoms with van der Waals surface area (Å²) in [6.45, 7) is -0.0401. The summed E-state index contributed by atoms with van der Waals surface area (Å²) in [6.07, 6.45) is 5.91. The van der Waals surface area contributed by atoms with Gasteiger partial charge < -0.3 is 9.80 Å². The molecule has 0 atom stereocenters. The van der Waals surface area contributed by atoms with Crippen LogP contribution in [0.3, 0.4) is 0 Å². The first-order valence-electron chi connectivity index (χ1n) is 19.4. The van der Waals surface area contributed by atoms with E-state index < -0.39 is 0 Å². The molecule has 11 rings (SSSR count). The number of hydrogen-bond acceptors (Lipinski definition) is 4. The van der Waals surface area contributed by atoms with Gasteiger partial charge in [0.2, 0.25) is 0 Å². The Morgan fingerprint density at radius 2 is 0.895 bits per heavy atom. The topological polar surface area (TPSA) is 32.3 Å². The molecule has 0 aliphatic carbocycles. The second-order valence-corrected chi connectivity index (χ2v) is 14.6. The SMILES string of the molecule is c1ccc(-c2cncc(-c3cccc4c3N(c3ccccc3)c3cccc5c3B4c3cccc(-c4ccnc(-c6ccccc6)c4)c3N5c3ccccc3)c2)cc1. The van der Waals surface area contributed by atoms with Crippen molar-refractivity contribution in [3.63, 3.8) is 0 Å². The van der Waals surface area contributed by atoms with E-state index in [2.05, 4.69) is 198 Å². The molecule has 2 aliphatic heterocycles. The molecular formula is C52H35BN4. The van der Waals surface area contributed by atoms with Gasteiger partial charge in [-0.2, -0.15) is 0 Å². The van der Waals surface area contributed by atoms with Gasteiger partial charge in [0.05, 0.1) is 5.69 Å². The predicted molar refractivity (Wildman–Crippen MR) is 238 cm³/mol. The summed E-state index contributed by atoms with van der Waals surface area (Å²) in [5.74, 6) is 0. The summed E-state index contributed by atoms with van der Waals surface area (Å²) < 4.78 is 0. The minimum Gasteiger partial charge on any atom is -0.311 e. The lowest BCUT2D eigenvalue weighted by Gasteiger charge is -2.45. The van der Waals surface area contributed by atoms with Gasteiger partial charge in [-0.1, -0.05) is 140 Å². The molecule has 2 aromatic heterocycles. The average molecular weight is 727 g/mol. The number of hydrogen-bond donors (Lipinski definition) is 0. The Morgan fingerprint density at radius 1 is 0.386 bits per heavy atom. The van der Waals surface area contributed by atoms with E-state index in [0.717, 1.165) is 56.0 Å². The van der Waals surface area contributed by atoms with Crippen LogP contribution in [0.25, 0.3) is 44.6 Å². The predicted octanol–water partition coefficient (Wildman–Crippen LogP) is 11.2. The summed E-state index contributed by atoms with van der Waals surface area (Å²) in [4.78, 5) is 14.6. The van der Waals surface area contributed by atoms with Gasteiger partial charge in [0.1, 0.15) is 0 Å². The molecule has 4 nitrogen and oxygen atoms in total. The third-order valence-electron chi connectivity index (χ3n) is 11.4. The van der Waals surface area contributed by atoms with Gasteiger partial charge in [0.25, 0.3) is 6.71 Å². The third-order valence-corrected chi connectivity index (χ3v) is 11.4. The molecule has 7 aromatic carbocycles. The molecule has 0 amide bonds. The van der Waals surface area contributed by atoms with Crippen LogP contribution in [0.15, 0.2) is 213 Å². The van der Waals surface area contributed by atoms with E-state index in [1.165, 1.54) is 39.1 Å². The van der Waals surface area contributed by atoms with Crippen LogP contribution in [-0.2, 0) is 0 Å². The maximum atomic E-state index is 4.82. The van der Waals surface area contributed by atoms with Crippen molar-refractivity contribution in [2.45, 2.75) is 0 Å². The van der Waals surface area contributed by atoms with E-state index >= 15 is 0 Å². The zero-order valence-corrected chi connectivity index (χ0v) is 31.1. The van der Waals surface area contributed by atoms with E-state index in [-0.39, 0.29) is 6.71 Å². The molecule has 4 heterocycles. The number of benzene rings is 7. The number of fused-ring (bicyclic) bond motifs is 4. The van der Waals surface area contributed by atoms with Crippen LogP contribution in [0.2, 0.25) is 0 Å². The van der Waals surface area contributed by atoms with Crippen LogP contribution in [0.1, 0.15) is 0 Å². The molecule has 5 heteroatoms. The van der Waals surface area contributed by atoms with E-state index in [9.17, 15) is 0 Å². The lowest BCUT2D eigenvalue weighted by atomic mass is 9.33.